The largest absolute Gasteiger partial charge is 0.352 e. The summed E-state index contributed by atoms with van der Waals surface area (Å²) in [4.78, 5) is 23.4. The van der Waals surface area contributed by atoms with Crippen LogP contribution in [0.15, 0.2) is 54.6 Å². The van der Waals surface area contributed by atoms with Crippen LogP contribution in [0, 0.1) is 0 Å². The summed E-state index contributed by atoms with van der Waals surface area (Å²) in [5, 5.41) is 5.62. The first-order chi connectivity index (χ1) is 10.1. The summed E-state index contributed by atoms with van der Waals surface area (Å²) in [5.41, 5.74) is 6.31. The van der Waals surface area contributed by atoms with Crippen LogP contribution in [0.3, 0.4) is 0 Å². The van der Waals surface area contributed by atoms with Crippen molar-refractivity contribution in [3.8, 4) is 0 Å². The molecule has 1 atom stereocenters. The fourth-order valence-corrected chi connectivity index (χ4v) is 2.06. The minimum absolute atomic E-state index is 0.401. The Morgan fingerprint density at radius 3 is 2.38 bits per heavy atom. The predicted octanol–water partition coefficient (Wildman–Crippen LogP) is 2.69. The molecule has 108 valence electrons. The second-order valence-electron chi connectivity index (χ2n) is 4.35. The van der Waals surface area contributed by atoms with Crippen LogP contribution in [0.1, 0.15) is 11.6 Å². The summed E-state index contributed by atoms with van der Waals surface area (Å²) in [7, 11) is 0. The van der Waals surface area contributed by atoms with Gasteiger partial charge in [-0.15, -0.1) is 0 Å². The number of carbonyl (C=O) groups excluding carboxylic acids is 2. The Hall–Kier alpha value is -2.53. The monoisotopic (exact) mass is 303 g/mol. The molecule has 2 rings (SSSR count). The van der Waals surface area contributed by atoms with E-state index in [9.17, 15) is 9.59 Å². The summed E-state index contributed by atoms with van der Waals surface area (Å²) in [6.45, 7) is 0. The van der Waals surface area contributed by atoms with E-state index in [1.807, 2.05) is 6.07 Å². The van der Waals surface area contributed by atoms with E-state index in [0.717, 1.165) is 0 Å². The maximum atomic E-state index is 12.3. The maximum Gasteiger partial charge on any atom is 0.313 e. The minimum atomic E-state index is -0.873. The molecule has 0 saturated carbocycles. The van der Waals surface area contributed by atoms with E-state index >= 15 is 0 Å². The van der Waals surface area contributed by atoms with E-state index in [-0.39, 0.29) is 0 Å². The molecule has 3 amide bonds. The van der Waals surface area contributed by atoms with Gasteiger partial charge in [0.2, 0.25) is 0 Å². The Morgan fingerprint density at radius 1 is 1.05 bits per heavy atom. The molecule has 0 aromatic heterocycles. The van der Waals surface area contributed by atoms with Crippen molar-refractivity contribution in [1.82, 2.24) is 5.32 Å². The lowest BCUT2D eigenvalue weighted by atomic mass is 10.1. The zero-order valence-electron chi connectivity index (χ0n) is 11.0. The van der Waals surface area contributed by atoms with Crippen LogP contribution >= 0.6 is 11.6 Å². The van der Waals surface area contributed by atoms with Crippen molar-refractivity contribution in [2.45, 2.75) is 6.04 Å². The topological polar surface area (TPSA) is 84.2 Å². The average Bonchev–Trinajstić information content (AvgIpc) is 2.45. The number of carbonyl (C=O) groups is 2. The van der Waals surface area contributed by atoms with Crippen LogP contribution < -0.4 is 16.4 Å². The molecule has 0 aliphatic rings. The second-order valence-corrected chi connectivity index (χ2v) is 4.79. The molecule has 6 heteroatoms. The molecule has 1 unspecified atom stereocenters. The van der Waals surface area contributed by atoms with Gasteiger partial charge in [-0.05, 0) is 23.8 Å². The summed E-state index contributed by atoms with van der Waals surface area (Å²) in [5.74, 6) is -0.401. The van der Waals surface area contributed by atoms with Gasteiger partial charge in [0.15, 0.2) is 0 Å². The van der Waals surface area contributed by atoms with Crippen molar-refractivity contribution in [2.75, 3.05) is 5.32 Å². The Balaban J connectivity index is 2.20. The lowest BCUT2D eigenvalue weighted by molar-refractivity contribution is -0.118. The van der Waals surface area contributed by atoms with Crippen molar-refractivity contribution in [1.29, 1.82) is 0 Å². The summed E-state index contributed by atoms with van der Waals surface area (Å²) in [6, 6.07) is 13.9. The molecular formula is C15H14ClN3O2. The van der Waals surface area contributed by atoms with E-state index in [0.29, 0.717) is 16.3 Å². The summed E-state index contributed by atoms with van der Waals surface area (Å²) >= 11 is 5.87. The standard InChI is InChI=1S/C15H14ClN3O2/c16-11-7-4-8-12(9-11)18-14(20)13(19-15(17)21)10-5-2-1-3-6-10/h1-9,13H,(H,18,20)(H3,17,19,21). The quantitative estimate of drug-likeness (QED) is 0.811. The molecule has 0 aliphatic heterocycles. The van der Waals surface area contributed by atoms with Crippen molar-refractivity contribution in [3.63, 3.8) is 0 Å². The molecule has 2 aromatic rings. The third-order valence-corrected chi connectivity index (χ3v) is 3.01. The van der Waals surface area contributed by atoms with Gasteiger partial charge in [-0.2, -0.15) is 0 Å². The smallest absolute Gasteiger partial charge is 0.313 e. The molecule has 0 aliphatic carbocycles. The zero-order valence-corrected chi connectivity index (χ0v) is 11.8. The molecule has 0 bridgehead atoms. The molecule has 0 saturated heterocycles. The van der Waals surface area contributed by atoms with E-state index in [2.05, 4.69) is 10.6 Å². The van der Waals surface area contributed by atoms with Gasteiger partial charge in [0.1, 0.15) is 6.04 Å². The van der Waals surface area contributed by atoms with Gasteiger partial charge in [-0.1, -0.05) is 48.0 Å². The molecule has 0 heterocycles. The number of anilines is 1. The Kier molecular flexibility index (Phi) is 4.79. The van der Waals surface area contributed by atoms with Gasteiger partial charge in [0.05, 0.1) is 0 Å². The van der Waals surface area contributed by atoms with E-state index < -0.39 is 18.0 Å². The highest BCUT2D eigenvalue weighted by Crippen LogP contribution is 2.18. The normalized spacial score (nSPS) is 11.5. The van der Waals surface area contributed by atoms with Crippen molar-refractivity contribution in [2.24, 2.45) is 5.73 Å². The first-order valence-corrected chi connectivity index (χ1v) is 6.61. The number of rotatable bonds is 4. The van der Waals surface area contributed by atoms with E-state index in [1.54, 1.807) is 48.5 Å². The van der Waals surface area contributed by atoms with Gasteiger partial charge in [-0.25, -0.2) is 4.79 Å². The van der Waals surface area contributed by atoms with Gasteiger partial charge in [0.25, 0.3) is 5.91 Å². The summed E-state index contributed by atoms with van der Waals surface area (Å²) in [6.07, 6.45) is 0. The number of halogens is 1. The van der Waals surface area contributed by atoms with E-state index in [1.165, 1.54) is 0 Å². The average molecular weight is 304 g/mol. The van der Waals surface area contributed by atoms with Crippen LogP contribution in [0.2, 0.25) is 5.02 Å². The number of amides is 3. The third kappa shape index (κ3) is 4.22. The summed E-state index contributed by atoms with van der Waals surface area (Å²) < 4.78 is 0. The van der Waals surface area contributed by atoms with Crippen LogP contribution in [-0.4, -0.2) is 11.9 Å². The van der Waals surface area contributed by atoms with Crippen molar-refractivity contribution in [3.05, 3.63) is 65.2 Å². The molecule has 0 spiro atoms. The van der Waals surface area contributed by atoms with Gasteiger partial charge < -0.3 is 16.4 Å². The fourth-order valence-electron chi connectivity index (χ4n) is 1.87. The highest BCUT2D eigenvalue weighted by molar-refractivity contribution is 6.30. The minimum Gasteiger partial charge on any atom is -0.352 e. The second kappa shape index (κ2) is 6.76. The van der Waals surface area contributed by atoms with Gasteiger partial charge in [0, 0.05) is 10.7 Å². The molecular weight excluding hydrogens is 290 g/mol. The predicted molar refractivity (Wildman–Crippen MR) is 82.0 cm³/mol. The van der Waals surface area contributed by atoms with Gasteiger partial charge in [-0.3, -0.25) is 4.79 Å². The number of urea groups is 1. The first kappa shape index (κ1) is 14.9. The number of primary amides is 1. The molecule has 0 fully saturated rings. The van der Waals surface area contributed by atoms with Crippen LogP contribution in [0.5, 0.6) is 0 Å². The lowest BCUT2D eigenvalue weighted by Crippen LogP contribution is -2.39. The highest BCUT2D eigenvalue weighted by Gasteiger charge is 2.21. The number of benzene rings is 2. The number of hydrogen-bond donors (Lipinski definition) is 3. The van der Waals surface area contributed by atoms with Gasteiger partial charge >= 0.3 is 6.03 Å². The number of hydrogen-bond acceptors (Lipinski definition) is 2. The van der Waals surface area contributed by atoms with Crippen molar-refractivity contribution < 1.29 is 9.59 Å². The zero-order chi connectivity index (χ0) is 15.2. The third-order valence-electron chi connectivity index (χ3n) is 2.77. The number of nitrogens with two attached hydrogens (primary N) is 1. The first-order valence-electron chi connectivity index (χ1n) is 6.23. The highest BCUT2D eigenvalue weighted by atomic mass is 35.5. The van der Waals surface area contributed by atoms with Crippen LogP contribution in [0.4, 0.5) is 10.5 Å². The Labute approximate surface area is 127 Å². The molecule has 5 nitrogen and oxygen atoms in total. The Bertz CT molecular complexity index is 646. The number of nitrogens with one attached hydrogen (secondary N) is 2. The van der Waals surface area contributed by atoms with Crippen LogP contribution in [-0.2, 0) is 4.79 Å². The maximum absolute atomic E-state index is 12.3. The van der Waals surface area contributed by atoms with Crippen molar-refractivity contribution >= 4 is 29.2 Å². The van der Waals surface area contributed by atoms with E-state index in [4.69, 9.17) is 17.3 Å². The molecule has 0 radical (unpaired) electrons. The lowest BCUT2D eigenvalue weighted by Gasteiger charge is -2.17. The Morgan fingerprint density at radius 2 is 1.76 bits per heavy atom. The van der Waals surface area contributed by atoms with Crippen LogP contribution in [0.25, 0.3) is 0 Å². The molecule has 21 heavy (non-hydrogen) atoms. The molecule has 2 aromatic carbocycles. The molecule has 4 N–H and O–H groups in total. The SMILES string of the molecule is NC(=O)NC(C(=O)Nc1cccc(Cl)c1)c1ccccc1. The fraction of sp³-hybridized carbons (Fsp3) is 0.0667.